The fraction of sp³-hybridized carbons (Fsp3) is 0.364. The smallest absolute Gasteiger partial charge is 0.341 e. The van der Waals surface area contributed by atoms with Gasteiger partial charge in [0.1, 0.15) is 17.1 Å². The molecule has 0 aliphatic heterocycles. The van der Waals surface area contributed by atoms with Gasteiger partial charge in [0, 0.05) is 6.07 Å². The van der Waals surface area contributed by atoms with Gasteiger partial charge in [0.15, 0.2) is 0 Å². The molecule has 0 radical (unpaired) electrons. The van der Waals surface area contributed by atoms with Crippen LogP contribution in [0.4, 0.5) is 4.39 Å². The molecular formula is C11H12ClFO3. The summed E-state index contributed by atoms with van der Waals surface area (Å²) in [6.07, 6.45) is -0.177. The Bertz CT molecular complexity index is 404. The van der Waals surface area contributed by atoms with Crippen LogP contribution in [0.3, 0.4) is 0 Å². The van der Waals surface area contributed by atoms with Crippen LogP contribution in [0.5, 0.6) is 5.75 Å². The van der Waals surface area contributed by atoms with Crippen molar-refractivity contribution in [3.8, 4) is 5.75 Å². The van der Waals surface area contributed by atoms with Crippen molar-refractivity contribution in [1.82, 2.24) is 0 Å². The summed E-state index contributed by atoms with van der Waals surface area (Å²) in [4.78, 5) is 11.4. The zero-order valence-electron chi connectivity index (χ0n) is 9.21. The Morgan fingerprint density at radius 3 is 2.56 bits per heavy atom. The highest BCUT2D eigenvalue weighted by Gasteiger charge is 2.17. The highest BCUT2D eigenvalue weighted by atomic mass is 35.5. The Morgan fingerprint density at radius 2 is 2.06 bits per heavy atom. The van der Waals surface area contributed by atoms with Crippen LogP contribution in [-0.2, 0) is 4.74 Å². The zero-order chi connectivity index (χ0) is 12.3. The molecule has 0 bridgehead atoms. The lowest BCUT2D eigenvalue weighted by molar-refractivity contribution is 0.0594. The maximum atomic E-state index is 13.2. The van der Waals surface area contributed by atoms with E-state index in [0.29, 0.717) is 0 Å². The molecule has 0 unspecified atom stereocenters. The molecule has 5 heteroatoms. The molecule has 88 valence electrons. The van der Waals surface area contributed by atoms with Crippen molar-refractivity contribution in [2.24, 2.45) is 0 Å². The van der Waals surface area contributed by atoms with Crippen LogP contribution in [0.1, 0.15) is 24.2 Å². The van der Waals surface area contributed by atoms with Crippen LogP contribution in [0, 0.1) is 5.82 Å². The number of ether oxygens (including phenoxy) is 2. The summed E-state index contributed by atoms with van der Waals surface area (Å²) in [5.41, 5.74) is 0.114. The summed E-state index contributed by atoms with van der Waals surface area (Å²) in [6, 6.07) is 2.27. The first kappa shape index (κ1) is 12.8. The van der Waals surface area contributed by atoms with Crippen molar-refractivity contribution in [3.05, 3.63) is 28.5 Å². The van der Waals surface area contributed by atoms with E-state index in [0.717, 1.165) is 6.07 Å². The van der Waals surface area contributed by atoms with Gasteiger partial charge in [-0.2, -0.15) is 0 Å². The van der Waals surface area contributed by atoms with E-state index in [9.17, 15) is 9.18 Å². The molecule has 3 nitrogen and oxygen atoms in total. The number of rotatable bonds is 3. The number of carbonyl (C=O) groups excluding carboxylic acids is 1. The first-order valence-corrected chi connectivity index (χ1v) is 5.07. The van der Waals surface area contributed by atoms with Gasteiger partial charge in [-0.05, 0) is 19.9 Å². The van der Waals surface area contributed by atoms with Crippen LogP contribution in [0.2, 0.25) is 5.02 Å². The van der Waals surface area contributed by atoms with Crippen LogP contribution in [0.25, 0.3) is 0 Å². The van der Waals surface area contributed by atoms with Gasteiger partial charge in [0.2, 0.25) is 0 Å². The second-order valence-electron chi connectivity index (χ2n) is 3.42. The molecular weight excluding hydrogens is 235 g/mol. The lowest BCUT2D eigenvalue weighted by Gasteiger charge is -2.13. The van der Waals surface area contributed by atoms with E-state index >= 15 is 0 Å². The fourth-order valence-electron chi connectivity index (χ4n) is 1.15. The third-order valence-corrected chi connectivity index (χ3v) is 2.08. The van der Waals surface area contributed by atoms with Gasteiger partial charge in [-0.3, -0.25) is 0 Å². The lowest BCUT2D eigenvalue weighted by Crippen LogP contribution is -2.11. The van der Waals surface area contributed by atoms with E-state index in [2.05, 4.69) is 4.74 Å². The van der Waals surface area contributed by atoms with Gasteiger partial charge < -0.3 is 9.47 Å². The molecule has 0 fully saturated rings. The first-order valence-electron chi connectivity index (χ1n) is 4.69. The molecule has 0 amide bonds. The second kappa shape index (κ2) is 5.16. The molecule has 1 aromatic carbocycles. The zero-order valence-corrected chi connectivity index (χ0v) is 9.97. The number of halogens is 2. The molecule has 16 heavy (non-hydrogen) atoms. The Morgan fingerprint density at radius 1 is 1.44 bits per heavy atom. The van der Waals surface area contributed by atoms with E-state index in [4.69, 9.17) is 16.3 Å². The van der Waals surface area contributed by atoms with E-state index < -0.39 is 11.8 Å². The topological polar surface area (TPSA) is 35.5 Å². The minimum absolute atomic E-state index is 0.114. The summed E-state index contributed by atoms with van der Waals surface area (Å²) < 4.78 is 23.1. The van der Waals surface area contributed by atoms with Crippen molar-refractivity contribution in [1.29, 1.82) is 0 Å². The van der Waals surface area contributed by atoms with Crippen LogP contribution < -0.4 is 4.74 Å². The lowest BCUT2D eigenvalue weighted by atomic mass is 10.2. The molecule has 0 aliphatic carbocycles. The van der Waals surface area contributed by atoms with Crippen molar-refractivity contribution in [3.63, 3.8) is 0 Å². The summed E-state index contributed by atoms with van der Waals surface area (Å²) in [6.45, 7) is 3.54. The maximum absolute atomic E-state index is 13.2. The predicted molar refractivity (Wildman–Crippen MR) is 58.5 cm³/mol. The average Bonchev–Trinajstić information content (AvgIpc) is 2.21. The third kappa shape index (κ3) is 2.85. The summed E-state index contributed by atoms with van der Waals surface area (Å²) >= 11 is 5.59. The minimum atomic E-state index is -0.634. The molecule has 0 aromatic heterocycles. The highest BCUT2D eigenvalue weighted by Crippen LogP contribution is 2.27. The molecule has 0 atom stereocenters. The molecule has 1 aromatic rings. The predicted octanol–water partition coefficient (Wildman–Crippen LogP) is 3.05. The van der Waals surface area contributed by atoms with Gasteiger partial charge in [0.05, 0.1) is 18.2 Å². The van der Waals surface area contributed by atoms with Gasteiger partial charge in [-0.1, -0.05) is 11.6 Å². The quantitative estimate of drug-likeness (QED) is 0.769. The Kier molecular flexibility index (Phi) is 4.12. The standard InChI is InChI=1S/C11H12ClFO3/c1-6(2)16-10-5-9(13)8(12)4-7(10)11(14)15-3/h4-6H,1-3H3. The van der Waals surface area contributed by atoms with Gasteiger partial charge in [-0.15, -0.1) is 0 Å². The van der Waals surface area contributed by atoms with Crippen LogP contribution in [0.15, 0.2) is 12.1 Å². The minimum Gasteiger partial charge on any atom is -0.490 e. The molecule has 0 heterocycles. The van der Waals surface area contributed by atoms with Crippen molar-refractivity contribution >= 4 is 17.6 Å². The van der Waals surface area contributed by atoms with Crippen molar-refractivity contribution < 1.29 is 18.7 Å². The SMILES string of the molecule is COC(=O)c1cc(Cl)c(F)cc1OC(C)C. The molecule has 0 spiro atoms. The number of benzene rings is 1. The maximum Gasteiger partial charge on any atom is 0.341 e. The first-order chi connectivity index (χ1) is 7.45. The number of hydrogen-bond acceptors (Lipinski definition) is 3. The molecule has 0 saturated carbocycles. The monoisotopic (exact) mass is 246 g/mol. The van der Waals surface area contributed by atoms with Gasteiger partial charge >= 0.3 is 5.97 Å². The van der Waals surface area contributed by atoms with E-state index in [-0.39, 0.29) is 22.4 Å². The van der Waals surface area contributed by atoms with E-state index in [1.165, 1.54) is 13.2 Å². The second-order valence-corrected chi connectivity index (χ2v) is 3.83. The fourth-order valence-corrected chi connectivity index (χ4v) is 1.31. The summed E-state index contributed by atoms with van der Waals surface area (Å²) in [5.74, 6) is -1.12. The average molecular weight is 247 g/mol. The largest absolute Gasteiger partial charge is 0.490 e. The normalized spacial score (nSPS) is 10.4. The van der Waals surface area contributed by atoms with Gasteiger partial charge in [-0.25, -0.2) is 9.18 Å². The Balaban J connectivity index is 3.21. The summed E-state index contributed by atoms with van der Waals surface area (Å²) in [5, 5.41) is -0.142. The number of carbonyl (C=O) groups is 1. The number of esters is 1. The molecule has 0 N–H and O–H groups in total. The highest BCUT2D eigenvalue weighted by molar-refractivity contribution is 6.31. The van der Waals surface area contributed by atoms with Crippen LogP contribution in [-0.4, -0.2) is 19.2 Å². The number of hydrogen-bond donors (Lipinski definition) is 0. The van der Waals surface area contributed by atoms with E-state index in [1.54, 1.807) is 13.8 Å². The molecule has 0 saturated heterocycles. The number of methoxy groups -OCH3 is 1. The Labute approximate surface area is 98.1 Å². The van der Waals surface area contributed by atoms with E-state index in [1.807, 2.05) is 0 Å². The van der Waals surface area contributed by atoms with Crippen molar-refractivity contribution in [2.75, 3.05) is 7.11 Å². The third-order valence-electron chi connectivity index (χ3n) is 1.79. The van der Waals surface area contributed by atoms with Gasteiger partial charge in [0.25, 0.3) is 0 Å². The van der Waals surface area contributed by atoms with Crippen molar-refractivity contribution in [2.45, 2.75) is 20.0 Å². The summed E-state index contributed by atoms with van der Waals surface area (Å²) in [7, 11) is 1.23. The molecule has 0 aliphatic rings. The Hall–Kier alpha value is -1.29. The molecule has 1 rings (SSSR count). The van der Waals surface area contributed by atoms with Crippen LogP contribution >= 0.6 is 11.6 Å².